The zero-order valence-electron chi connectivity index (χ0n) is 13.1. The summed E-state index contributed by atoms with van der Waals surface area (Å²) in [5.74, 6) is -0.0668. The fourth-order valence-electron chi connectivity index (χ4n) is 1.77. The summed E-state index contributed by atoms with van der Waals surface area (Å²) in [6, 6.07) is 6.12. The molecule has 21 heavy (non-hydrogen) atoms. The van der Waals surface area contributed by atoms with Crippen LogP contribution in [-0.2, 0) is 4.79 Å². The van der Waals surface area contributed by atoms with Crippen molar-refractivity contribution in [3.05, 3.63) is 29.3 Å². The lowest BCUT2D eigenvalue weighted by Gasteiger charge is -2.15. The quantitative estimate of drug-likeness (QED) is 0.881. The zero-order valence-corrected chi connectivity index (χ0v) is 13.9. The number of hydrogen-bond donors (Lipinski definition) is 2. The molecule has 1 aromatic carbocycles. The molecule has 0 aliphatic heterocycles. The number of anilines is 2. The first-order valence-corrected chi connectivity index (χ1v) is 7.65. The van der Waals surface area contributed by atoms with E-state index in [1.54, 1.807) is 0 Å². The van der Waals surface area contributed by atoms with E-state index in [1.165, 1.54) is 22.5 Å². The summed E-state index contributed by atoms with van der Waals surface area (Å²) in [5.41, 5.74) is 9.72. The summed E-state index contributed by atoms with van der Waals surface area (Å²) in [6.45, 7) is 9.72. The van der Waals surface area contributed by atoms with Crippen LogP contribution < -0.4 is 11.1 Å². The highest BCUT2D eigenvalue weighted by Gasteiger charge is 2.23. The Labute approximate surface area is 129 Å². The number of carbonyl (C=O) groups is 1. The number of carbonyl (C=O) groups excluding carboxylic acids is 1. The van der Waals surface area contributed by atoms with E-state index in [4.69, 9.17) is 5.73 Å². The molecule has 0 bridgehead atoms. The van der Waals surface area contributed by atoms with Gasteiger partial charge in [0.05, 0.1) is 0 Å². The average Bonchev–Trinajstić information content (AvgIpc) is 2.72. The van der Waals surface area contributed by atoms with Gasteiger partial charge in [-0.1, -0.05) is 44.2 Å². The third kappa shape index (κ3) is 3.42. The predicted octanol–water partition coefficient (Wildman–Crippen LogP) is 3.99. The van der Waals surface area contributed by atoms with Gasteiger partial charge in [-0.3, -0.25) is 4.79 Å². The molecule has 0 spiro atoms. The number of nitrogens with zero attached hydrogens (tertiary/aromatic N) is 1. The highest BCUT2D eigenvalue weighted by molar-refractivity contribution is 7.20. The molecule has 112 valence electrons. The highest BCUT2D eigenvalue weighted by Crippen LogP contribution is 2.34. The molecule has 1 heterocycles. The molecule has 0 atom stereocenters. The third-order valence-corrected chi connectivity index (χ3v) is 4.14. The van der Waals surface area contributed by atoms with Crippen LogP contribution in [0, 0.1) is 19.3 Å². The van der Waals surface area contributed by atoms with E-state index in [1.807, 2.05) is 26.8 Å². The van der Waals surface area contributed by atoms with Crippen molar-refractivity contribution < 1.29 is 4.79 Å². The number of amides is 1. The Kier molecular flexibility index (Phi) is 4.05. The van der Waals surface area contributed by atoms with Crippen molar-refractivity contribution in [2.24, 2.45) is 5.41 Å². The number of hydrogen-bond acceptors (Lipinski definition) is 4. The Balaban J connectivity index is 2.31. The maximum absolute atomic E-state index is 12.0. The molecule has 0 fully saturated rings. The lowest BCUT2D eigenvalue weighted by atomic mass is 9.96. The highest BCUT2D eigenvalue weighted by atomic mass is 32.1. The minimum atomic E-state index is -0.457. The number of nitrogen functional groups attached to an aromatic ring is 1. The number of aryl methyl sites for hydroxylation is 2. The molecule has 0 saturated heterocycles. The van der Waals surface area contributed by atoms with Crippen LogP contribution in [0.5, 0.6) is 0 Å². The predicted molar refractivity (Wildman–Crippen MR) is 89.5 cm³/mol. The molecule has 2 aromatic rings. The van der Waals surface area contributed by atoms with Gasteiger partial charge in [-0.05, 0) is 31.0 Å². The molecule has 0 aliphatic rings. The molecule has 1 aromatic heterocycles. The number of rotatable bonds is 2. The van der Waals surface area contributed by atoms with E-state index < -0.39 is 5.41 Å². The van der Waals surface area contributed by atoms with Gasteiger partial charge < -0.3 is 11.1 Å². The van der Waals surface area contributed by atoms with E-state index in [-0.39, 0.29) is 5.91 Å². The molecule has 0 saturated carbocycles. The smallest absolute Gasteiger partial charge is 0.231 e. The monoisotopic (exact) mass is 303 g/mol. The largest absolute Gasteiger partial charge is 0.389 e. The first-order chi connectivity index (χ1) is 9.68. The van der Waals surface area contributed by atoms with Crippen LogP contribution in [0.1, 0.15) is 31.9 Å². The SMILES string of the molecule is Cc1ccc(-c2nc(NC(=O)C(C)(C)C)sc2N)cc1C. The Hall–Kier alpha value is -1.88. The summed E-state index contributed by atoms with van der Waals surface area (Å²) in [7, 11) is 0. The maximum Gasteiger partial charge on any atom is 0.231 e. The molecule has 4 nitrogen and oxygen atoms in total. The maximum atomic E-state index is 12.0. The molecule has 0 unspecified atom stereocenters. The Morgan fingerprint density at radius 2 is 1.90 bits per heavy atom. The second-order valence-electron chi connectivity index (χ2n) is 6.24. The molecule has 0 aliphatic carbocycles. The zero-order chi connectivity index (χ0) is 15.8. The Morgan fingerprint density at radius 1 is 1.24 bits per heavy atom. The van der Waals surface area contributed by atoms with Crippen LogP contribution in [-0.4, -0.2) is 10.9 Å². The number of nitrogens with two attached hydrogens (primary N) is 1. The van der Waals surface area contributed by atoms with Crippen molar-refractivity contribution >= 4 is 27.4 Å². The third-order valence-electron chi connectivity index (χ3n) is 3.34. The van der Waals surface area contributed by atoms with Crippen molar-refractivity contribution in [2.75, 3.05) is 11.1 Å². The second kappa shape index (κ2) is 5.48. The van der Waals surface area contributed by atoms with Crippen LogP contribution >= 0.6 is 11.3 Å². The molecular weight excluding hydrogens is 282 g/mol. The Bertz CT molecular complexity index is 683. The van der Waals surface area contributed by atoms with Crippen molar-refractivity contribution in [1.29, 1.82) is 0 Å². The molecule has 5 heteroatoms. The van der Waals surface area contributed by atoms with Crippen molar-refractivity contribution in [2.45, 2.75) is 34.6 Å². The molecule has 3 N–H and O–H groups in total. The van der Waals surface area contributed by atoms with Gasteiger partial charge in [0.1, 0.15) is 10.7 Å². The van der Waals surface area contributed by atoms with Crippen LogP contribution in [0.15, 0.2) is 18.2 Å². The van der Waals surface area contributed by atoms with Gasteiger partial charge >= 0.3 is 0 Å². The van der Waals surface area contributed by atoms with Crippen LogP contribution in [0.4, 0.5) is 10.1 Å². The molecule has 0 radical (unpaired) electrons. The summed E-state index contributed by atoms with van der Waals surface area (Å²) < 4.78 is 0. The Morgan fingerprint density at radius 3 is 2.48 bits per heavy atom. The van der Waals surface area contributed by atoms with Crippen molar-refractivity contribution in [3.8, 4) is 11.3 Å². The van der Waals surface area contributed by atoms with Crippen molar-refractivity contribution in [3.63, 3.8) is 0 Å². The van der Waals surface area contributed by atoms with Gasteiger partial charge in [-0.2, -0.15) is 0 Å². The van der Waals surface area contributed by atoms with E-state index in [9.17, 15) is 4.79 Å². The van der Waals surface area contributed by atoms with Gasteiger partial charge in [0.15, 0.2) is 5.13 Å². The van der Waals surface area contributed by atoms with Crippen molar-refractivity contribution in [1.82, 2.24) is 4.98 Å². The second-order valence-corrected chi connectivity index (χ2v) is 7.27. The fourth-order valence-corrected chi connectivity index (χ4v) is 2.51. The summed E-state index contributed by atoms with van der Waals surface area (Å²) in [5, 5.41) is 3.98. The molecular formula is C16H21N3OS. The minimum Gasteiger partial charge on any atom is -0.389 e. The van der Waals surface area contributed by atoms with Gasteiger partial charge in [0.2, 0.25) is 5.91 Å². The number of aromatic nitrogens is 1. The average molecular weight is 303 g/mol. The van der Waals surface area contributed by atoms with E-state index in [0.717, 1.165) is 11.3 Å². The van der Waals surface area contributed by atoms with Gasteiger partial charge in [-0.15, -0.1) is 0 Å². The van der Waals surface area contributed by atoms with Crippen LogP contribution in [0.2, 0.25) is 0 Å². The minimum absolute atomic E-state index is 0.0668. The normalized spacial score (nSPS) is 11.5. The first-order valence-electron chi connectivity index (χ1n) is 6.84. The summed E-state index contributed by atoms with van der Waals surface area (Å²) in [4.78, 5) is 16.5. The van der Waals surface area contributed by atoms with E-state index >= 15 is 0 Å². The standard InChI is InChI=1S/C16H21N3OS/c1-9-6-7-11(8-10(9)2)12-13(17)21-15(18-12)19-14(20)16(3,4)5/h6-8H,17H2,1-5H3,(H,18,19,20). The van der Waals surface area contributed by atoms with Gasteiger partial charge in [0.25, 0.3) is 0 Å². The topological polar surface area (TPSA) is 68.0 Å². The number of benzene rings is 1. The summed E-state index contributed by atoms with van der Waals surface area (Å²) >= 11 is 1.30. The van der Waals surface area contributed by atoms with Gasteiger partial charge in [0, 0.05) is 11.0 Å². The molecule has 1 amide bonds. The lowest BCUT2D eigenvalue weighted by Crippen LogP contribution is -2.27. The summed E-state index contributed by atoms with van der Waals surface area (Å²) in [6.07, 6.45) is 0. The lowest BCUT2D eigenvalue weighted by molar-refractivity contribution is -0.123. The van der Waals surface area contributed by atoms with Crippen LogP contribution in [0.25, 0.3) is 11.3 Å². The van der Waals surface area contributed by atoms with E-state index in [0.29, 0.717) is 10.1 Å². The number of thiazole rings is 1. The van der Waals surface area contributed by atoms with Gasteiger partial charge in [-0.25, -0.2) is 4.98 Å². The van der Waals surface area contributed by atoms with Crippen LogP contribution in [0.3, 0.4) is 0 Å². The fraction of sp³-hybridized carbons (Fsp3) is 0.375. The first kappa shape index (κ1) is 15.5. The molecule has 2 rings (SSSR count). The number of nitrogens with one attached hydrogen (secondary N) is 1. The van der Waals surface area contributed by atoms with E-state index in [2.05, 4.69) is 36.3 Å².